The molecule has 0 bridgehead atoms. The Morgan fingerprint density at radius 3 is 2.81 bits per heavy atom. The van der Waals surface area contributed by atoms with Gasteiger partial charge in [0.05, 0.1) is 23.6 Å². The molecule has 1 atom stereocenters. The highest BCUT2D eigenvalue weighted by Crippen LogP contribution is 2.31. The molecule has 86 valence electrons. The second kappa shape index (κ2) is 4.59. The van der Waals surface area contributed by atoms with E-state index in [4.69, 9.17) is 0 Å². The lowest BCUT2D eigenvalue weighted by Crippen LogP contribution is -2.06. The van der Waals surface area contributed by atoms with Crippen molar-refractivity contribution in [2.24, 2.45) is 7.05 Å². The van der Waals surface area contributed by atoms with Crippen molar-refractivity contribution in [3.8, 4) is 0 Å². The Hall–Kier alpha value is -0.810. The Kier molecular flexibility index (Phi) is 3.35. The molecule has 0 aliphatic carbocycles. The van der Waals surface area contributed by atoms with Crippen LogP contribution in [0, 0.1) is 6.92 Å². The van der Waals surface area contributed by atoms with Crippen LogP contribution in [0.25, 0.3) is 0 Å². The summed E-state index contributed by atoms with van der Waals surface area (Å²) in [6, 6.07) is 2.37. The Bertz CT molecular complexity index is 489. The van der Waals surface area contributed by atoms with Gasteiger partial charge in [0.25, 0.3) is 0 Å². The molecule has 0 saturated carbocycles. The van der Waals surface area contributed by atoms with Gasteiger partial charge in [-0.2, -0.15) is 5.10 Å². The van der Waals surface area contributed by atoms with Crippen molar-refractivity contribution in [2.75, 3.05) is 5.32 Å². The van der Waals surface area contributed by atoms with Crippen LogP contribution in [0.1, 0.15) is 23.5 Å². The first-order chi connectivity index (χ1) is 7.59. The number of nitrogens with one attached hydrogen (secondary N) is 1. The van der Waals surface area contributed by atoms with E-state index in [1.54, 1.807) is 11.3 Å². The van der Waals surface area contributed by atoms with Crippen molar-refractivity contribution in [1.29, 1.82) is 0 Å². The summed E-state index contributed by atoms with van der Waals surface area (Å²) in [4.78, 5) is 1.31. The number of rotatable bonds is 3. The lowest BCUT2D eigenvalue weighted by molar-refractivity contribution is 0.739. The summed E-state index contributed by atoms with van der Waals surface area (Å²) in [5.74, 6) is 0. The molecule has 1 N–H and O–H groups in total. The molecule has 3 nitrogen and oxygen atoms in total. The molecule has 0 aliphatic rings. The van der Waals surface area contributed by atoms with Crippen LogP contribution in [0.5, 0.6) is 0 Å². The average molecular weight is 300 g/mol. The van der Waals surface area contributed by atoms with Gasteiger partial charge < -0.3 is 5.32 Å². The first-order valence-electron chi connectivity index (χ1n) is 5.07. The Morgan fingerprint density at radius 2 is 2.31 bits per heavy atom. The first kappa shape index (κ1) is 11.7. The third-order valence-electron chi connectivity index (χ3n) is 2.65. The quantitative estimate of drug-likeness (QED) is 0.936. The highest BCUT2D eigenvalue weighted by Gasteiger charge is 2.12. The standard InChI is InChI=1S/C11H14BrN3S/c1-7(11-9(12)4-5-16-11)14-10-6-13-15(3)8(10)2/h4-7,14H,1-3H3. The fraction of sp³-hybridized carbons (Fsp3) is 0.364. The molecular weight excluding hydrogens is 286 g/mol. The minimum Gasteiger partial charge on any atom is -0.375 e. The zero-order valence-electron chi connectivity index (χ0n) is 9.49. The highest BCUT2D eigenvalue weighted by molar-refractivity contribution is 9.10. The Balaban J connectivity index is 2.17. The predicted molar refractivity (Wildman–Crippen MR) is 72.0 cm³/mol. The second-order valence-electron chi connectivity index (χ2n) is 3.77. The van der Waals surface area contributed by atoms with Gasteiger partial charge in [-0.15, -0.1) is 11.3 Å². The van der Waals surface area contributed by atoms with Gasteiger partial charge in [0.1, 0.15) is 0 Å². The molecule has 0 saturated heterocycles. The van der Waals surface area contributed by atoms with Crippen molar-refractivity contribution >= 4 is 33.0 Å². The SMILES string of the molecule is Cc1c(NC(C)c2sccc2Br)cnn1C. The summed E-state index contributed by atoms with van der Waals surface area (Å²) in [6.07, 6.45) is 1.87. The van der Waals surface area contributed by atoms with E-state index in [1.165, 1.54) is 9.35 Å². The largest absolute Gasteiger partial charge is 0.375 e. The van der Waals surface area contributed by atoms with Gasteiger partial charge in [-0.25, -0.2) is 0 Å². The van der Waals surface area contributed by atoms with Gasteiger partial charge in [0.15, 0.2) is 0 Å². The normalized spacial score (nSPS) is 12.8. The van der Waals surface area contributed by atoms with E-state index < -0.39 is 0 Å². The molecule has 0 fully saturated rings. The molecule has 2 aromatic heterocycles. The molecule has 1 unspecified atom stereocenters. The van der Waals surface area contributed by atoms with E-state index >= 15 is 0 Å². The van der Waals surface area contributed by atoms with Gasteiger partial charge in [0.2, 0.25) is 0 Å². The van der Waals surface area contributed by atoms with Crippen LogP contribution in [-0.2, 0) is 7.05 Å². The number of nitrogens with zero attached hydrogens (tertiary/aromatic N) is 2. The van der Waals surface area contributed by atoms with E-state index in [0.29, 0.717) is 0 Å². The number of hydrogen-bond donors (Lipinski definition) is 1. The van der Waals surface area contributed by atoms with E-state index in [9.17, 15) is 0 Å². The van der Waals surface area contributed by atoms with Gasteiger partial charge >= 0.3 is 0 Å². The molecular formula is C11H14BrN3S. The first-order valence-corrected chi connectivity index (χ1v) is 6.75. The molecule has 5 heteroatoms. The summed E-state index contributed by atoms with van der Waals surface area (Å²) in [5, 5.41) is 9.78. The predicted octanol–water partition coefficient (Wildman–Crippen LogP) is 3.73. The minimum atomic E-state index is 0.289. The minimum absolute atomic E-state index is 0.289. The molecule has 2 rings (SSSR count). The zero-order valence-corrected chi connectivity index (χ0v) is 11.9. The van der Waals surface area contributed by atoms with Crippen LogP contribution < -0.4 is 5.32 Å². The highest BCUT2D eigenvalue weighted by atomic mass is 79.9. The molecule has 2 heterocycles. The third-order valence-corrected chi connectivity index (χ3v) is 4.70. The molecule has 0 spiro atoms. The number of aryl methyl sites for hydroxylation is 1. The topological polar surface area (TPSA) is 29.9 Å². The third kappa shape index (κ3) is 2.15. The van der Waals surface area contributed by atoms with Gasteiger partial charge in [-0.3, -0.25) is 4.68 Å². The summed E-state index contributed by atoms with van der Waals surface area (Å²) in [5.41, 5.74) is 2.25. The molecule has 16 heavy (non-hydrogen) atoms. The van der Waals surface area contributed by atoms with E-state index in [1.807, 2.05) is 17.9 Å². The summed E-state index contributed by atoms with van der Waals surface area (Å²) < 4.78 is 3.04. The van der Waals surface area contributed by atoms with Gasteiger partial charge in [-0.1, -0.05) is 0 Å². The number of aromatic nitrogens is 2. The molecule has 0 aliphatic heterocycles. The van der Waals surface area contributed by atoms with Crippen LogP contribution >= 0.6 is 27.3 Å². The number of halogens is 1. The van der Waals surface area contributed by atoms with E-state index in [-0.39, 0.29) is 6.04 Å². The van der Waals surface area contributed by atoms with Crippen molar-refractivity contribution in [2.45, 2.75) is 19.9 Å². The fourth-order valence-electron chi connectivity index (χ4n) is 1.55. The van der Waals surface area contributed by atoms with E-state index in [0.717, 1.165) is 11.4 Å². The van der Waals surface area contributed by atoms with Crippen LogP contribution in [0.2, 0.25) is 0 Å². The van der Waals surface area contributed by atoms with Gasteiger partial charge in [-0.05, 0) is 41.2 Å². The van der Waals surface area contributed by atoms with Crippen LogP contribution in [0.4, 0.5) is 5.69 Å². The maximum atomic E-state index is 4.22. The maximum absolute atomic E-state index is 4.22. The molecule has 0 radical (unpaired) electrons. The number of thiophene rings is 1. The van der Waals surface area contributed by atoms with Crippen molar-refractivity contribution in [3.05, 3.63) is 32.7 Å². The molecule has 0 aromatic carbocycles. The lowest BCUT2D eigenvalue weighted by atomic mass is 10.2. The zero-order chi connectivity index (χ0) is 11.7. The van der Waals surface area contributed by atoms with Crippen LogP contribution in [-0.4, -0.2) is 9.78 Å². The summed E-state index contributed by atoms with van der Waals surface area (Å²) in [6.45, 7) is 4.22. The average Bonchev–Trinajstić information content (AvgIpc) is 2.79. The van der Waals surface area contributed by atoms with Crippen LogP contribution in [0.15, 0.2) is 22.1 Å². The maximum Gasteiger partial charge on any atom is 0.0761 e. The lowest BCUT2D eigenvalue weighted by Gasteiger charge is -2.13. The van der Waals surface area contributed by atoms with Crippen LogP contribution in [0.3, 0.4) is 0 Å². The summed E-state index contributed by atoms with van der Waals surface area (Å²) >= 11 is 5.31. The summed E-state index contributed by atoms with van der Waals surface area (Å²) in [7, 11) is 1.95. The number of anilines is 1. The van der Waals surface area contributed by atoms with Crippen molar-refractivity contribution < 1.29 is 0 Å². The smallest absolute Gasteiger partial charge is 0.0761 e. The van der Waals surface area contributed by atoms with E-state index in [2.05, 4.69) is 51.6 Å². The second-order valence-corrected chi connectivity index (χ2v) is 5.57. The van der Waals surface area contributed by atoms with Gasteiger partial charge in [0, 0.05) is 16.4 Å². The Morgan fingerprint density at radius 1 is 1.56 bits per heavy atom. The van der Waals surface area contributed by atoms with Crippen molar-refractivity contribution in [3.63, 3.8) is 0 Å². The molecule has 2 aromatic rings. The van der Waals surface area contributed by atoms with Crippen molar-refractivity contribution in [1.82, 2.24) is 9.78 Å². The Labute approximate surface area is 108 Å². The number of hydrogen-bond acceptors (Lipinski definition) is 3. The molecule has 0 amide bonds. The monoisotopic (exact) mass is 299 g/mol. The fourth-order valence-corrected chi connectivity index (χ4v) is 3.28.